The first kappa shape index (κ1) is 16.8. The molecule has 0 aliphatic rings. The molecule has 3 N–H and O–H groups in total. The molecule has 20 heavy (non-hydrogen) atoms. The van der Waals surface area contributed by atoms with Crippen molar-refractivity contribution in [3.8, 4) is 0 Å². The van der Waals surface area contributed by atoms with Crippen molar-refractivity contribution in [1.82, 2.24) is 10.2 Å². The zero-order chi connectivity index (χ0) is 15.3. The Morgan fingerprint density at radius 2 is 1.85 bits per heavy atom. The zero-order valence-corrected chi connectivity index (χ0v) is 14.0. The zero-order valence-electron chi connectivity index (χ0n) is 13.2. The minimum atomic E-state index is 0.279. The fourth-order valence-corrected chi connectivity index (χ4v) is 2.34. The van der Waals surface area contributed by atoms with Gasteiger partial charge in [-0.2, -0.15) is 5.10 Å². The monoisotopic (exact) mass is 294 g/mol. The summed E-state index contributed by atoms with van der Waals surface area (Å²) in [6.07, 6.45) is 2.75. The molecule has 0 aromatic carbocycles. The Bertz CT molecular complexity index is 477. The smallest absolute Gasteiger partial charge is 0.159 e. The van der Waals surface area contributed by atoms with Crippen molar-refractivity contribution in [2.45, 2.75) is 53.9 Å². The molecular formula is C15H26N4S. The summed E-state index contributed by atoms with van der Waals surface area (Å²) >= 11 is 5.20. The van der Waals surface area contributed by atoms with E-state index >= 15 is 0 Å². The van der Waals surface area contributed by atoms with E-state index in [0.717, 1.165) is 48.4 Å². The van der Waals surface area contributed by atoms with Crippen LogP contribution in [0.5, 0.6) is 0 Å². The minimum Gasteiger partial charge on any atom is -0.389 e. The Labute approximate surface area is 127 Å². The summed E-state index contributed by atoms with van der Waals surface area (Å²) in [4.78, 5) is 0.393. The van der Waals surface area contributed by atoms with Gasteiger partial charge in [0.2, 0.25) is 0 Å². The van der Waals surface area contributed by atoms with Crippen molar-refractivity contribution < 1.29 is 0 Å². The summed E-state index contributed by atoms with van der Waals surface area (Å²) in [5, 5.41) is 11.9. The summed E-state index contributed by atoms with van der Waals surface area (Å²) in [5.41, 5.74) is 9.14. The Morgan fingerprint density at radius 3 is 2.30 bits per heavy atom. The van der Waals surface area contributed by atoms with E-state index < -0.39 is 0 Å². The second-order valence-corrected chi connectivity index (χ2v) is 6.60. The number of anilines is 1. The summed E-state index contributed by atoms with van der Waals surface area (Å²) in [7, 11) is 0. The number of hydrogen-bond donors (Lipinski definition) is 2. The fourth-order valence-electron chi connectivity index (χ4n) is 2.12. The molecule has 1 aromatic rings. The van der Waals surface area contributed by atoms with Gasteiger partial charge in [-0.15, -0.1) is 5.10 Å². The lowest BCUT2D eigenvalue weighted by atomic mass is 9.92. The van der Waals surface area contributed by atoms with Gasteiger partial charge in [0.15, 0.2) is 5.82 Å². The molecule has 0 amide bonds. The molecule has 0 unspecified atom stereocenters. The summed E-state index contributed by atoms with van der Waals surface area (Å²) < 4.78 is 0. The first-order chi connectivity index (χ1) is 9.30. The van der Waals surface area contributed by atoms with Gasteiger partial charge in [-0.3, -0.25) is 0 Å². The molecular weight excluding hydrogens is 268 g/mol. The lowest BCUT2D eigenvalue weighted by Crippen LogP contribution is -2.21. The Balaban J connectivity index is 3.04. The van der Waals surface area contributed by atoms with Gasteiger partial charge >= 0.3 is 0 Å². The lowest BCUT2D eigenvalue weighted by molar-refractivity contribution is 0.389. The SMILES string of the molecule is CCc1nnc(NCCC(C)(C)C)c(C(N)=S)c1CC. The van der Waals surface area contributed by atoms with Gasteiger partial charge in [-0.1, -0.05) is 46.8 Å². The van der Waals surface area contributed by atoms with E-state index in [9.17, 15) is 0 Å². The molecule has 1 rings (SSSR count). The van der Waals surface area contributed by atoms with E-state index in [2.05, 4.69) is 50.1 Å². The second-order valence-electron chi connectivity index (χ2n) is 6.16. The maximum atomic E-state index is 5.90. The highest BCUT2D eigenvalue weighted by atomic mass is 32.1. The molecule has 1 aromatic heterocycles. The van der Waals surface area contributed by atoms with E-state index in [4.69, 9.17) is 18.0 Å². The predicted octanol–water partition coefficient (Wildman–Crippen LogP) is 3.08. The van der Waals surface area contributed by atoms with Crippen molar-refractivity contribution in [2.75, 3.05) is 11.9 Å². The number of aryl methyl sites for hydroxylation is 1. The number of aromatic nitrogens is 2. The molecule has 0 aliphatic carbocycles. The van der Waals surface area contributed by atoms with Crippen molar-refractivity contribution in [1.29, 1.82) is 0 Å². The highest BCUT2D eigenvalue weighted by Crippen LogP contribution is 2.22. The third-order valence-corrected chi connectivity index (χ3v) is 3.46. The number of nitrogens with two attached hydrogens (primary N) is 1. The van der Waals surface area contributed by atoms with Gasteiger partial charge in [-0.05, 0) is 30.2 Å². The number of hydrogen-bond acceptors (Lipinski definition) is 4. The van der Waals surface area contributed by atoms with Crippen LogP contribution in [0.4, 0.5) is 5.82 Å². The molecule has 0 fully saturated rings. The van der Waals surface area contributed by atoms with Crippen LogP contribution in [0.25, 0.3) is 0 Å². The summed E-state index contributed by atoms with van der Waals surface area (Å²) in [6, 6.07) is 0. The number of thiocarbonyl (C=S) groups is 1. The Hall–Kier alpha value is -1.23. The third-order valence-electron chi connectivity index (χ3n) is 3.26. The van der Waals surface area contributed by atoms with Crippen molar-refractivity contribution in [3.63, 3.8) is 0 Å². The van der Waals surface area contributed by atoms with Gasteiger partial charge in [0.1, 0.15) is 4.99 Å². The number of rotatable bonds is 6. The summed E-state index contributed by atoms with van der Waals surface area (Å²) in [6.45, 7) is 11.6. The molecule has 0 saturated heterocycles. The van der Waals surface area contributed by atoms with E-state index in [1.807, 2.05) is 0 Å². The van der Waals surface area contributed by atoms with Gasteiger partial charge in [-0.25, -0.2) is 0 Å². The van der Waals surface area contributed by atoms with Crippen LogP contribution in [0.15, 0.2) is 0 Å². The quantitative estimate of drug-likeness (QED) is 0.789. The van der Waals surface area contributed by atoms with E-state index in [0.29, 0.717) is 4.99 Å². The van der Waals surface area contributed by atoms with Crippen LogP contribution < -0.4 is 11.1 Å². The topological polar surface area (TPSA) is 63.8 Å². The maximum absolute atomic E-state index is 5.90. The molecule has 0 radical (unpaired) electrons. The van der Waals surface area contributed by atoms with Crippen LogP contribution >= 0.6 is 12.2 Å². The van der Waals surface area contributed by atoms with Crippen LogP contribution in [0, 0.1) is 5.41 Å². The first-order valence-corrected chi connectivity index (χ1v) is 7.63. The third kappa shape index (κ3) is 4.40. The van der Waals surface area contributed by atoms with E-state index in [1.54, 1.807) is 0 Å². The summed E-state index contributed by atoms with van der Waals surface area (Å²) in [5.74, 6) is 0.718. The van der Waals surface area contributed by atoms with Crippen molar-refractivity contribution >= 4 is 23.0 Å². The highest BCUT2D eigenvalue weighted by Gasteiger charge is 2.17. The molecule has 4 nitrogen and oxygen atoms in total. The average Bonchev–Trinajstić information content (AvgIpc) is 2.35. The highest BCUT2D eigenvalue weighted by molar-refractivity contribution is 7.80. The molecule has 0 atom stereocenters. The van der Waals surface area contributed by atoms with Crippen LogP contribution in [-0.4, -0.2) is 21.7 Å². The van der Waals surface area contributed by atoms with Gasteiger partial charge < -0.3 is 11.1 Å². The molecule has 0 bridgehead atoms. The van der Waals surface area contributed by atoms with Crippen LogP contribution in [0.3, 0.4) is 0 Å². The number of nitrogens with one attached hydrogen (secondary N) is 1. The Kier molecular flexibility index (Phi) is 5.87. The van der Waals surface area contributed by atoms with E-state index in [1.165, 1.54) is 0 Å². The molecule has 0 spiro atoms. The number of nitrogens with zero attached hydrogens (tertiary/aromatic N) is 2. The largest absolute Gasteiger partial charge is 0.389 e. The molecule has 112 valence electrons. The van der Waals surface area contributed by atoms with Gasteiger partial charge in [0.25, 0.3) is 0 Å². The first-order valence-electron chi connectivity index (χ1n) is 7.22. The van der Waals surface area contributed by atoms with Crippen LogP contribution in [-0.2, 0) is 12.8 Å². The minimum absolute atomic E-state index is 0.279. The second kappa shape index (κ2) is 6.97. The normalized spacial score (nSPS) is 11.4. The van der Waals surface area contributed by atoms with Gasteiger partial charge in [0.05, 0.1) is 11.3 Å². The maximum Gasteiger partial charge on any atom is 0.159 e. The van der Waals surface area contributed by atoms with E-state index in [-0.39, 0.29) is 5.41 Å². The van der Waals surface area contributed by atoms with Crippen LogP contribution in [0.2, 0.25) is 0 Å². The van der Waals surface area contributed by atoms with Crippen LogP contribution in [0.1, 0.15) is 57.9 Å². The molecule has 0 saturated carbocycles. The van der Waals surface area contributed by atoms with Crippen molar-refractivity contribution in [2.24, 2.45) is 11.1 Å². The predicted molar refractivity (Wildman–Crippen MR) is 89.2 cm³/mol. The standard InChI is InChI=1S/C15H26N4S/c1-6-10-11(7-2)18-19-14(12(10)13(16)20)17-9-8-15(3,4)5/h6-9H2,1-5H3,(H2,16,20)(H,17,19). The Morgan fingerprint density at radius 1 is 1.20 bits per heavy atom. The average molecular weight is 294 g/mol. The molecule has 5 heteroatoms. The van der Waals surface area contributed by atoms with Gasteiger partial charge in [0, 0.05) is 6.54 Å². The lowest BCUT2D eigenvalue weighted by Gasteiger charge is -2.20. The molecule has 0 aliphatic heterocycles. The molecule has 1 heterocycles. The fraction of sp³-hybridized carbons (Fsp3) is 0.667. The van der Waals surface area contributed by atoms with Crippen molar-refractivity contribution in [3.05, 3.63) is 16.8 Å².